The van der Waals surface area contributed by atoms with Crippen LogP contribution in [0.1, 0.15) is 73.1 Å². The van der Waals surface area contributed by atoms with E-state index < -0.39 is 23.7 Å². The van der Waals surface area contributed by atoms with Gasteiger partial charge in [0.05, 0.1) is 38.0 Å². The van der Waals surface area contributed by atoms with Crippen LogP contribution in [0.15, 0.2) is 48.5 Å². The average Bonchev–Trinajstić information content (AvgIpc) is 3.31. The summed E-state index contributed by atoms with van der Waals surface area (Å²) in [5.74, 6) is -0.591. The summed E-state index contributed by atoms with van der Waals surface area (Å²) in [5, 5.41) is 3.19. The molecular weight excluding hydrogens is 472 g/mol. The third-order valence-electron chi connectivity index (χ3n) is 6.74. The van der Waals surface area contributed by atoms with E-state index in [4.69, 9.17) is 14.2 Å². The van der Waals surface area contributed by atoms with Crippen molar-refractivity contribution in [3.05, 3.63) is 70.8 Å². The number of aryl methyl sites for hydroxylation is 1. The summed E-state index contributed by atoms with van der Waals surface area (Å²) in [6.45, 7) is 5.97. The Bertz CT molecular complexity index is 1120. The van der Waals surface area contributed by atoms with Crippen LogP contribution in [0.25, 0.3) is 0 Å². The van der Waals surface area contributed by atoms with E-state index in [1.807, 2.05) is 12.1 Å². The molecule has 0 radical (unpaired) electrons. The van der Waals surface area contributed by atoms with Crippen molar-refractivity contribution >= 4 is 18.0 Å². The molecule has 198 valence electrons. The van der Waals surface area contributed by atoms with Gasteiger partial charge in [0.2, 0.25) is 5.91 Å². The minimum atomic E-state index is -0.685. The number of benzene rings is 2. The zero-order chi connectivity index (χ0) is 26.6. The largest absolute Gasteiger partial charge is 0.465 e. The molecule has 3 atom stereocenters. The van der Waals surface area contributed by atoms with Crippen LogP contribution in [0, 0.1) is 0 Å². The molecule has 0 spiro atoms. The maximum atomic E-state index is 13.5. The van der Waals surface area contributed by atoms with E-state index in [2.05, 4.69) is 17.4 Å². The fourth-order valence-corrected chi connectivity index (χ4v) is 4.93. The number of fused-ring (bicyclic) bond motifs is 1. The Morgan fingerprint density at radius 3 is 2.49 bits per heavy atom. The zero-order valence-corrected chi connectivity index (χ0v) is 22.0. The first-order chi connectivity index (χ1) is 17.6. The fourth-order valence-electron chi connectivity index (χ4n) is 4.93. The molecule has 0 saturated carbocycles. The van der Waals surface area contributed by atoms with Gasteiger partial charge in [-0.2, -0.15) is 0 Å². The minimum Gasteiger partial charge on any atom is -0.465 e. The number of ether oxygens (including phenoxy) is 3. The molecule has 4 rings (SSSR count). The van der Waals surface area contributed by atoms with Crippen molar-refractivity contribution in [2.45, 2.75) is 76.9 Å². The van der Waals surface area contributed by atoms with E-state index in [-0.39, 0.29) is 24.6 Å². The van der Waals surface area contributed by atoms with Gasteiger partial charge in [-0.25, -0.2) is 9.59 Å². The van der Waals surface area contributed by atoms with Gasteiger partial charge in [-0.3, -0.25) is 9.69 Å². The van der Waals surface area contributed by atoms with Crippen LogP contribution >= 0.6 is 0 Å². The van der Waals surface area contributed by atoms with Gasteiger partial charge in [0.1, 0.15) is 11.6 Å². The van der Waals surface area contributed by atoms with Crippen LogP contribution in [0.5, 0.6) is 0 Å². The van der Waals surface area contributed by atoms with Gasteiger partial charge in [0.15, 0.2) is 0 Å². The quantitative estimate of drug-likeness (QED) is 0.575. The molecule has 37 heavy (non-hydrogen) atoms. The monoisotopic (exact) mass is 508 g/mol. The van der Waals surface area contributed by atoms with Crippen molar-refractivity contribution < 1.29 is 28.6 Å². The topological polar surface area (TPSA) is 94.2 Å². The average molecular weight is 509 g/mol. The summed E-state index contributed by atoms with van der Waals surface area (Å²) >= 11 is 0. The van der Waals surface area contributed by atoms with E-state index in [1.165, 1.54) is 17.6 Å². The minimum absolute atomic E-state index is 0.0776. The standard InChI is InChI=1S/C29H36N2O6/c1-29(2,3)37-28(34)31-17-22(36-18-19-12-14-21(15-13-19)27(33)35-4)16-25(31)26(32)30-24-11-7-9-20-8-5-6-10-23(20)24/h5-6,8,10,12-15,22,24-25H,7,9,11,16-18H2,1-4H3,(H,30,32)/t22?,24-,25?/m1/s1. The van der Waals surface area contributed by atoms with E-state index in [9.17, 15) is 14.4 Å². The maximum absolute atomic E-state index is 13.5. The Morgan fingerprint density at radius 1 is 1.05 bits per heavy atom. The van der Waals surface area contributed by atoms with Gasteiger partial charge in [0.25, 0.3) is 0 Å². The number of nitrogens with one attached hydrogen (secondary N) is 1. The normalized spacial score (nSPS) is 21.2. The molecule has 8 heteroatoms. The molecule has 2 unspecified atom stereocenters. The Labute approximate surface area is 218 Å². The molecule has 8 nitrogen and oxygen atoms in total. The second kappa shape index (κ2) is 11.3. The van der Waals surface area contributed by atoms with Crippen LogP contribution in [0.2, 0.25) is 0 Å². The lowest BCUT2D eigenvalue weighted by Crippen LogP contribution is -2.48. The number of amides is 2. The molecule has 0 bridgehead atoms. The SMILES string of the molecule is COC(=O)c1ccc(COC2CC(C(=O)N[C@@H]3CCCc4ccccc43)N(C(=O)OC(C)(C)C)C2)cc1. The van der Waals surface area contributed by atoms with Gasteiger partial charge in [0, 0.05) is 6.42 Å². The Morgan fingerprint density at radius 2 is 1.78 bits per heavy atom. The first-order valence-corrected chi connectivity index (χ1v) is 12.8. The highest BCUT2D eigenvalue weighted by Gasteiger charge is 2.42. The molecular formula is C29H36N2O6. The second-order valence-corrected chi connectivity index (χ2v) is 10.7. The number of likely N-dealkylation sites (tertiary alicyclic amines) is 1. The predicted molar refractivity (Wildman–Crippen MR) is 138 cm³/mol. The summed E-state index contributed by atoms with van der Waals surface area (Å²) in [4.78, 5) is 39.7. The van der Waals surface area contributed by atoms with Gasteiger partial charge >= 0.3 is 12.1 Å². The molecule has 1 saturated heterocycles. The van der Waals surface area contributed by atoms with Gasteiger partial charge < -0.3 is 19.5 Å². The number of carbonyl (C=O) groups excluding carboxylic acids is 3. The number of methoxy groups -OCH3 is 1. The van der Waals surface area contributed by atoms with Crippen LogP contribution in [-0.4, -0.2) is 54.3 Å². The first-order valence-electron chi connectivity index (χ1n) is 12.8. The Balaban J connectivity index is 1.44. The lowest BCUT2D eigenvalue weighted by atomic mass is 9.87. The van der Waals surface area contributed by atoms with Gasteiger partial charge in [-0.05, 0) is 68.9 Å². The number of hydrogen-bond acceptors (Lipinski definition) is 6. The van der Waals surface area contributed by atoms with Crippen LogP contribution in [0.3, 0.4) is 0 Å². The molecule has 1 aliphatic carbocycles. The molecule has 2 aliphatic rings. The molecule has 2 aromatic carbocycles. The summed E-state index contributed by atoms with van der Waals surface area (Å²) in [7, 11) is 1.34. The third-order valence-corrected chi connectivity index (χ3v) is 6.74. The lowest BCUT2D eigenvalue weighted by Gasteiger charge is -2.30. The van der Waals surface area contributed by atoms with Crippen molar-refractivity contribution in [1.29, 1.82) is 0 Å². The van der Waals surface area contributed by atoms with Gasteiger partial charge in [-0.1, -0.05) is 36.4 Å². The van der Waals surface area contributed by atoms with Crippen molar-refractivity contribution in [2.75, 3.05) is 13.7 Å². The van der Waals surface area contributed by atoms with Crippen molar-refractivity contribution in [3.8, 4) is 0 Å². The Kier molecular flexibility index (Phi) is 8.17. The Hall–Kier alpha value is -3.39. The lowest BCUT2D eigenvalue weighted by molar-refractivity contribution is -0.126. The summed E-state index contributed by atoms with van der Waals surface area (Å²) in [6, 6.07) is 14.4. The smallest absolute Gasteiger partial charge is 0.411 e. The summed E-state index contributed by atoms with van der Waals surface area (Å²) < 4.78 is 16.5. The van der Waals surface area contributed by atoms with Crippen molar-refractivity contribution in [3.63, 3.8) is 0 Å². The highest BCUT2D eigenvalue weighted by molar-refractivity contribution is 5.89. The molecule has 1 fully saturated rings. The molecule has 2 amide bonds. The molecule has 1 heterocycles. The first kappa shape index (κ1) is 26.7. The zero-order valence-electron chi connectivity index (χ0n) is 22.0. The predicted octanol–water partition coefficient (Wildman–Crippen LogP) is 4.56. The molecule has 0 aromatic heterocycles. The number of rotatable bonds is 6. The number of esters is 1. The van der Waals surface area contributed by atoms with Gasteiger partial charge in [-0.15, -0.1) is 0 Å². The van der Waals surface area contributed by atoms with Crippen LogP contribution < -0.4 is 5.32 Å². The third kappa shape index (κ3) is 6.68. The van der Waals surface area contributed by atoms with Crippen molar-refractivity contribution in [1.82, 2.24) is 10.2 Å². The van der Waals surface area contributed by atoms with E-state index in [0.29, 0.717) is 18.6 Å². The van der Waals surface area contributed by atoms with Crippen molar-refractivity contribution in [2.24, 2.45) is 0 Å². The number of nitrogens with zero attached hydrogens (tertiary/aromatic N) is 1. The molecule has 1 aliphatic heterocycles. The molecule has 2 aromatic rings. The maximum Gasteiger partial charge on any atom is 0.411 e. The number of hydrogen-bond donors (Lipinski definition) is 1. The summed E-state index contributed by atoms with van der Waals surface area (Å²) in [5.41, 5.74) is 3.06. The number of carbonyl (C=O) groups is 3. The fraction of sp³-hybridized carbons (Fsp3) is 0.483. The van der Waals surface area contributed by atoms with E-state index in [0.717, 1.165) is 30.4 Å². The van der Waals surface area contributed by atoms with Crippen LogP contribution in [0.4, 0.5) is 4.79 Å². The van der Waals surface area contributed by atoms with E-state index >= 15 is 0 Å². The second-order valence-electron chi connectivity index (χ2n) is 10.7. The highest BCUT2D eigenvalue weighted by atomic mass is 16.6. The molecule has 1 N–H and O–H groups in total. The highest BCUT2D eigenvalue weighted by Crippen LogP contribution is 2.31. The van der Waals surface area contributed by atoms with E-state index in [1.54, 1.807) is 45.0 Å². The van der Waals surface area contributed by atoms with Crippen LogP contribution in [-0.2, 0) is 32.0 Å². The summed E-state index contributed by atoms with van der Waals surface area (Å²) in [6.07, 6.45) is 2.39.